The van der Waals surface area contributed by atoms with Crippen LogP contribution in [0.3, 0.4) is 0 Å². The highest BCUT2D eigenvalue weighted by molar-refractivity contribution is 6.04. The largest absolute Gasteiger partial charge is 0.290 e. The molecule has 2 aliphatic carbocycles. The van der Waals surface area contributed by atoms with Gasteiger partial charge in [-0.1, -0.05) is 32.4 Å². The SMILES string of the molecule is CC1=CCC2(C)CCC(C)(C)CC2=CC1=O. The third-order valence-electron chi connectivity index (χ3n) is 4.35. The van der Waals surface area contributed by atoms with Crippen molar-refractivity contribution in [3.63, 3.8) is 0 Å². The van der Waals surface area contributed by atoms with Gasteiger partial charge in [0.05, 0.1) is 0 Å². The summed E-state index contributed by atoms with van der Waals surface area (Å²) in [5.74, 6) is 0.219. The summed E-state index contributed by atoms with van der Waals surface area (Å²) in [5.41, 5.74) is 2.90. The van der Waals surface area contributed by atoms with Crippen molar-refractivity contribution < 1.29 is 4.79 Å². The van der Waals surface area contributed by atoms with E-state index in [0.29, 0.717) is 5.41 Å². The van der Waals surface area contributed by atoms with Gasteiger partial charge in [0.2, 0.25) is 0 Å². The lowest BCUT2D eigenvalue weighted by atomic mass is 9.62. The Morgan fingerprint density at radius 1 is 1.19 bits per heavy atom. The molecule has 1 fully saturated rings. The van der Waals surface area contributed by atoms with E-state index in [2.05, 4.69) is 26.8 Å². The van der Waals surface area contributed by atoms with Crippen molar-refractivity contribution in [1.82, 2.24) is 0 Å². The number of hydrogen-bond acceptors (Lipinski definition) is 1. The number of rotatable bonds is 0. The van der Waals surface area contributed by atoms with Gasteiger partial charge in [-0.2, -0.15) is 0 Å². The molecule has 1 atom stereocenters. The molecule has 2 aliphatic rings. The minimum absolute atomic E-state index is 0.219. The second-order valence-corrected chi connectivity index (χ2v) is 6.53. The number of allylic oxidation sites excluding steroid dienone is 4. The van der Waals surface area contributed by atoms with Crippen LogP contribution in [0.4, 0.5) is 0 Å². The molecule has 0 aromatic heterocycles. The van der Waals surface area contributed by atoms with Gasteiger partial charge in [-0.15, -0.1) is 0 Å². The smallest absolute Gasteiger partial charge is 0.181 e. The van der Waals surface area contributed by atoms with Crippen LogP contribution in [-0.4, -0.2) is 5.78 Å². The van der Waals surface area contributed by atoms with E-state index in [0.717, 1.165) is 18.4 Å². The normalized spacial score (nSPS) is 33.6. The summed E-state index contributed by atoms with van der Waals surface area (Å²) in [7, 11) is 0. The van der Waals surface area contributed by atoms with Gasteiger partial charge >= 0.3 is 0 Å². The van der Waals surface area contributed by atoms with E-state index in [1.54, 1.807) is 0 Å². The molecular weight excluding hydrogens is 196 g/mol. The van der Waals surface area contributed by atoms with Crippen molar-refractivity contribution in [3.05, 3.63) is 23.3 Å². The van der Waals surface area contributed by atoms with Crippen LogP contribution in [0.15, 0.2) is 23.3 Å². The molecule has 0 aromatic carbocycles. The number of ketones is 1. The van der Waals surface area contributed by atoms with E-state index < -0.39 is 0 Å². The molecule has 0 aliphatic heterocycles. The highest BCUT2D eigenvalue weighted by Gasteiger charge is 2.39. The Morgan fingerprint density at radius 3 is 2.56 bits per heavy atom. The van der Waals surface area contributed by atoms with Crippen LogP contribution in [-0.2, 0) is 4.79 Å². The van der Waals surface area contributed by atoms with Crippen molar-refractivity contribution in [1.29, 1.82) is 0 Å². The summed E-state index contributed by atoms with van der Waals surface area (Å²) < 4.78 is 0. The maximum atomic E-state index is 11.9. The van der Waals surface area contributed by atoms with Gasteiger partial charge in [0, 0.05) is 0 Å². The first-order valence-electron chi connectivity index (χ1n) is 6.25. The number of hydrogen-bond donors (Lipinski definition) is 0. The van der Waals surface area contributed by atoms with Crippen LogP contribution in [0.25, 0.3) is 0 Å². The predicted molar refractivity (Wildman–Crippen MR) is 67.2 cm³/mol. The molecule has 1 heteroatoms. The van der Waals surface area contributed by atoms with Crippen LogP contribution in [0.5, 0.6) is 0 Å². The first-order chi connectivity index (χ1) is 7.32. The molecule has 0 saturated heterocycles. The third kappa shape index (κ3) is 2.00. The van der Waals surface area contributed by atoms with Gasteiger partial charge in [-0.05, 0) is 55.1 Å². The third-order valence-corrected chi connectivity index (χ3v) is 4.35. The maximum Gasteiger partial charge on any atom is 0.181 e. The average Bonchev–Trinajstić information content (AvgIpc) is 2.29. The topological polar surface area (TPSA) is 17.1 Å². The fourth-order valence-corrected chi connectivity index (χ4v) is 2.80. The summed E-state index contributed by atoms with van der Waals surface area (Å²) in [6.07, 6.45) is 8.64. The van der Waals surface area contributed by atoms with Gasteiger partial charge < -0.3 is 0 Å². The Bertz CT molecular complexity index is 384. The molecule has 0 N–H and O–H groups in total. The highest BCUT2D eigenvalue weighted by atomic mass is 16.1. The van der Waals surface area contributed by atoms with E-state index >= 15 is 0 Å². The Morgan fingerprint density at radius 2 is 1.88 bits per heavy atom. The van der Waals surface area contributed by atoms with Crippen LogP contribution in [0, 0.1) is 10.8 Å². The molecule has 88 valence electrons. The summed E-state index contributed by atoms with van der Waals surface area (Å²) in [6.45, 7) is 8.87. The fourth-order valence-electron chi connectivity index (χ4n) is 2.80. The van der Waals surface area contributed by atoms with Crippen molar-refractivity contribution in [2.45, 2.75) is 53.4 Å². The average molecular weight is 218 g/mol. The second kappa shape index (κ2) is 3.58. The minimum atomic E-state index is 0.219. The van der Waals surface area contributed by atoms with E-state index in [-0.39, 0.29) is 11.2 Å². The number of carbonyl (C=O) groups excluding carboxylic acids is 1. The Hall–Kier alpha value is -0.850. The molecule has 0 heterocycles. The Balaban J connectivity index is 2.38. The maximum absolute atomic E-state index is 11.9. The molecule has 1 saturated carbocycles. The summed E-state index contributed by atoms with van der Waals surface area (Å²) in [6, 6.07) is 0. The van der Waals surface area contributed by atoms with Crippen molar-refractivity contribution >= 4 is 5.78 Å². The highest BCUT2D eigenvalue weighted by Crippen LogP contribution is 2.51. The molecule has 0 bridgehead atoms. The summed E-state index contributed by atoms with van der Waals surface area (Å²) in [4.78, 5) is 11.9. The quantitative estimate of drug-likeness (QED) is 0.599. The van der Waals surface area contributed by atoms with E-state index in [1.165, 1.54) is 18.4 Å². The fraction of sp³-hybridized carbons (Fsp3) is 0.667. The predicted octanol–water partition coefficient (Wildman–Crippen LogP) is 4.05. The molecule has 0 amide bonds. The van der Waals surface area contributed by atoms with E-state index in [1.807, 2.05) is 13.0 Å². The first-order valence-corrected chi connectivity index (χ1v) is 6.25. The van der Waals surface area contributed by atoms with E-state index in [9.17, 15) is 4.79 Å². The molecule has 16 heavy (non-hydrogen) atoms. The second-order valence-electron chi connectivity index (χ2n) is 6.53. The molecule has 0 aromatic rings. The molecular formula is C15H22O. The van der Waals surface area contributed by atoms with Gasteiger partial charge in [-0.25, -0.2) is 0 Å². The van der Waals surface area contributed by atoms with E-state index in [4.69, 9.17) is 0 Å². The lowest BCUT2D eigenvalue weighted by Gasteiger charge is -2.43. The monoisotopic (exact) mass is 218 g/mol. The summed E-state index contributed by atoms with van der Waals surface area (Å²) >= 11 is 0. The standard InChI is InChI=1S/C15H22O/c1-11-5-6-15(4)8-7-14(2,3)10-12(15)9-13(11)16/h5,9H,6-8,10H2,1-4H3. The zero-order chi connectivity index (χ0) is 12.0. The van der Waals surface area contributed by atoms with Crippen LogP contribution in [0.1, 0.15) is 53.4 Å². The molecule has 0 spiro atoms. The van der Waals surface area contributed by atoms with Crippen LogP contribution < -0.4 is 0 Å². The molecule has 2 rings (SSSR count). The lowest BCUT2D eigenvalue weighted by Crippen LogP contribution is -2.31. The Labute approximate surface area is 98.6 Å². The molecule has 0 radical (unpaired) electrons. The van der Waals surface area contributed by atoms with Gasteiger partial charge in [0.15, 0.2) is 5.78 Å². The van der Waals surface area contributed by atoms with Crippen molar-refractivity contribution in [3.8, 4) is 0 Å². The zero-order valence-electron chi connectivity index (χ0n) is 10.9. The number of fused-ring (bicyclic) bond motifs is 1. The minimum Gasteiger partial charge on any atom is -0.290 e. The molecule has 1 unspecified atom stereocenters. The van der Waals surface area contributed by atoms with Gasteiger partial charge in [-0.3, -0.25) is 4.79 Å². The molecule has 1 nitrogen and oxygen atoms in total. The Kier molecular flexibility index (Phi) is 2.60. The van der Waals surface area contributed by atoms with Gasteiger partial charge in [0.25, 0.3) is 0 Å². The van der Waals surface area contributed by atoms with Crippen molar-refractivity contribution in [2.75, 3.05) is 0 Å². The van der Waals surface area contributed by atoms with Crippen molar-refractivity contribution in [2.24, 2.45) is 10.8 Å². The summed E-state index contributed by atoms with van der Waals surface area (Å²) in [5, 5.41) is 0. The number of carbonyl (C=O) groups is 1. The zero-order valence-corrected chi connectivity index (χ0v) is 10.9. The lowest BCUT2D eigenvalue weighted by molar-refractivity contribution is -0.111. The first kappa shape index (κ1) is 11.6. The van der Waals surface area contributed by atoms with Gasteiger partial charge in [0.1, 0.15) is 0 Å². The van der Waals surface area contributed by atoms with Crippen LogP contribution >= 0.6 is 0 Å². The van der Waals surface area contributed by atoms with Crippen LogP contribution in [0.2, 0.25) is 0 Å².